The van der Waals surface area contributed by atoms with Crippen molar-refractivity contribution in [1.29, 1.82) is 0 Å². The molecule has 0 bridgehead atoms. The number of rotatable bonds is 6. The van der Waals surface area contributed by atoms with Gasteiger partial charge in [-0.05, 0) is 48.6 Å². The molecule has 0 aliphatic heterocycles. The predicted octanol–water partition coefficient (Wildman–Crippen LogP) is 2.67. The third kappa shape index (κ3) is 4.57. The van der Waals surface area contributed by atoms with Crippen LogP contribution in [-0.4, -0.2) is 27.1 Å². The van der Waals surface area contributed by atoms with Crippen molar-refractivity contribution in [2.75, 3.05) is 12.8 Å². The fourth-order valence-corrected chi connectivity index (χ4v) is 4.52. The van der Waals surface area contributed by atoms with Crippen molar-refractivity contribution in [1.82, 2.24) is 5.32 Å². The van der Waals surface area contributed by atoms with Crippen molar-refractivity contribution in [2.45, 2.75) is 30.2 Å². The fraction of sp³-hybridized carbons (Fsp3) is 0.381. The van der Waals surface area contributed by atoms with Crippen molar-refractivity contribution in [2.24, 2.45) is 17.6 Å². The van der Waals surface area contributed by atoms with Crippen LogP contribution in [0.2, 0.25) is 0 Å². The SMILES string of the molecule is CS(=O)(=O)c1cccc(C(NC(=O)[C@@H]2CCC[C@@H]2CN)c2ccccc2)c1. The summed E-state index contributed by atoms with van der Waals surface area (Å²) in [5.74, 6) is 0.115. The summed E-state index contributed by atoms with van der Waals surface area (Å²) in [6.45, 7) is 0.512. The van der Waals surface area contributed by atoms with E-state index in [1.54, 1.807) is 18.2 Å². The minimum Gasteiger partial charge on any atom is -0.345 e. The van der Waals surface area contributed by atoms with Gasteiger partial charge in [0.2, 0.25) is 5.91 Å². The van der Waals surface area contributed by atoms with Crippen LogP contribution >= 0.6 is 0 Å². The van der Waals surface area contributed by atoms with E-state index >= 15 is 0 Å². The lowest BCUT2D eigenvalue weighted by Crippen LogP contribution is -2.37. The Morgan fingerprint density at radius 2 is 1.81 bits per heavy atom. The summed E-state index contributed by atoms with van der Waals surface area (Å²) in [7, 11) is -3.33. The summed E-state index contributed by atoms with van der Waals surface area (Å²) in [5, 5.41) is 3.15. The van der Waals surface area contributed by atoms with Gasteiger partial charge < -0.3 is 11.1 Å². The molecule has 6 heteroatoms. The summed E-state index contributed by atoms with van der Waals surface area (Å²) in [6, 6.07) is 16.0. The maximum Gasteiger partial charge on any atom is 0.224 e. The normalized spacial score (nSPS) is 21.0. The van der Waals surface area contributed by atoms with Gasteiger partial charge in [0.05, 0.1) is 10.9 Å². The first-order valence-corrected chi connectivity index (χ1v) is 11.1. The second-order valence-electron chi connectivity index (χ2n) is 7.23. The van der Waals surface area contributed by atoms with Crippen LogP contribution in [0.1, 0.15) is 36.4 Å². The predicted molar refractivity (Wildman–Crippen MR) is 106 cm³/mol. The van der Waals surface area contributed by atoms with E-state index in [1.807, 2.05) is 36.4 Å². The van der Waals surface area contributed by atoms with Crippen LogP contribution in [-0.2, 0) is 14.6 Å². The highest BCUT2D eigenvalue weighted by molar-refractivity contribution is 7.90. The molecule has 144 valence electrons. The Hall–Kier alpha value is -2.18. The Morgan fingerprint density at radius 3 is 2.48 bits per heavy atom. The van der Waals surface area contributed by atoms with Gasteiger partial charge in [-0.1, -0.05) is 48.9 Å². The highest BCUT2D eigenvalue weighted by Gasteiger charge is 2.33. The zero-order chi connectivity index (χ0) is 19.4. The maximum absolute atomic E-state index is 13.0. The molecule has 0 saturated heterocycles. The van der Waals surface area contributed by atoms with E-state index in [-0.39, 0.29) is 22.6 Å². The molecule has 27 heavy (non-hydrogen) atoms. The number of sulfone groups is 1. The zero-order valence-corrected chi connectivity index (χ0v) is 16.3. The highest BCUT2D eigenvalue weighted by atomic mass is 32.2. The number of nitrogens with one attached hydrogen (secondary N) is 1. The van der Waals surface area contributed by atoms with Gasteiger partial charge >= 0.3 is 0 Å². The molecular formula is C21H26N2O3S. The lowest BCUT2D eigenvalue weighted by molar-refractivity contribution is -0.126. The molecule has 2 aromatic rings. The first kappa shape index (κ1) is 19.6. The smallest absolute Gasteiger partial charge is 0.224 e. The van der Waals surface area contributed by atoms with Gasteiger partial charge in [0.25, 0.3) is 0 Å². The van der Waals surface area contributed by atoms with E-state index in [2.05, 4.69) is 5.32 Å². The van der Waals surface area contributed by atoms with Crippen molar-refractivity contribution in [3.05, 3.63) is 65.7 Å². The van der Waals surface area contributed by atoms with E-state index < -0.39 is 15.9 Å². The van der Waals surface area contributed by atoms with Crippen LogP contribution in [0.4, 0.5) is 0 Å². The van der Waals surface area contributed by atoms with Crippen LogP contribution in [0.3, 0.4) is 0 Å². The largest absolute Gasteiger partial charge is 0.345 e. The molecule has 0 spiro atoms. The summed E-state index contributed by atoms with van der Waals surface area (Å²) >= 11 is 0. The molecule has 0 heterocycles. The molecule has 1 fully saturated rings. The van der Waals surface area contributed by atoms with Gasteiger partial charge in [0, 0.05) is 12.2 Å². The average molecular weight is 387 g/mol. The summed E-state index contributed by atoms with van der Waals surface area (Å²) < 4.78 is 23.9. The molecule has 1 unspecified atom stereocenters. The van der Waals surface area contributed by atoms with E-state index in [0.717, 1.165) is 30.4 Å². The van der Waals surface area contributed by atoms with Gasteiger partial charge in [-0.25, -0.2) is 8.42 Å². The highest BCUT2D eigenvalue weighted by Crippen LogP contribution is 2.32. The Bertz CT molecular complexity index is 897. The minimum absolute atomic E-state index is 0.0124. The lowest BCUT2D eigenvalue weighted by Gasteiger charge is -2.24. The molecule has 3 N–H and O–H groups in total. The molecule has 1 aliphatic rings. The van der Waals surface area contributed by atoms with E-state index in [4.69, 9.17) is 5.73 Å². The van der Waals surface area contributed by atoms with Crippen LogP contribution in [0.15, 0.2) is 59.5 Å². The van der Waals surface area contributed by atoms with E-state index in [1.165, 1.54) is 6.26 Å². The van der Waals surface area contributed by atoms with Crippen molar-refractivity contribution in [3.63, 3.8) is 0 Å². The monoisotopic (exact) mass is 386 g/mol. The molecular weight excluding hydrogens is 360 g/mol. The zero-order valence-electron chi connectivity index (χ0n) is 15.5. The average Bonchev–Trinajstić information content (AvgIpc) is 3.15. The molecule has 1 saturated carbocycles. The van der Waals surface area contributed by atoms with Gasteiger partial charge in [-0.3, -0.25) is 4.79 Å². The van der Waals surface area contributed by atoms with Crippen LogP contribution in [0, 0.1) is 11.8 Å². The first-order valence-electron chi connectivity index (χ1n) is 9.25. The lowest BCUT2D eigenvalue weighted by atomic mass is 9.93. The van der Waals surface area contributed by atoms with E-state index in [0.29, 0.717) is 6.54 Å². The molecule has 0 radical (unpaired) electrons. The number of hydrogen-bond acceptors (Lipinski definition) is 4. The van der Waals surface area contributed by atoms with Gasteiger partial charge in [-0.15, -0.1) is 0 Å². The third-order valence-electron chi connectivity index (χ3n) is 5.34. The number of hydrogen-bond donors (Lipinski definition) is 2. The topological polar surface area (TPSA) is 89.3 Å². The quantitative estimate of drug-likeness (QED) is 0.799. The molecule has 2 aromatic carbocycles. The Labute approximate surface area is 160 Å². The Kier molecular flexibility index (Phi) is 5.97. The second-order valence-corrected chi connectivity index (χ2v) is 9.25. The fourth-order valence-electron chi connectivity index (χ4n) is 3.84. The third-order valence-corrected chi connectivity index (χ3v) is 6.45. The van der Waals surface area contributed by atoms with Crippen LogP contribution in [0.5, 0.6) is 0 Å². The Balaban J connectivity index is 1.94. The van der Waals surface area contributed by atoms with Crippen LogP contribution in [0.25, 0.3) is 0 Å². The number of carbonyl (C=O) groups excluding carboxylic acids is 1. The molecule has 1 aliphatic carbocycles. The molecule has 3 rings (SSSR count). The standard InChI is InChI=1S/C21H26N2O3S/c1-27(25,26)18-11-5-9-16(13-18)20(15-7-3-2-4-8-15)23-21(24)19-12-6-10-17(19)14-22/h2-5,7-9,11,13,17,19-20H,6,10,12,14,22H2,1H3,(H,23,24)/t17-,19-,20?/m1/s1. The molecule has 1 amide bonds. The molecule has 0 aromatic heterocycles. The van der Waals surface area contributed by atoms with Crippen LogP contribution < -0.4 is 11.1 Å². The molecule has 3 atom stereocenters. The number of benzene rings is 2. The summed E-state index contributed by atoms with van der Waals surface area (Å²) in [5.41, 5.74) is 7.50. The number of amides is 1. The van der Waals surface area contributed by atoms with Gasteiger partial charge in [0.15, 0.2) is 9.84 Å². The van der Waals surface area contributed by atoms with Crippen molar-refractivity contribution < 1.29 is 13.2 Å². The van der Waals surface area contributed by atoms with E-state index in [9.17, 15) is 13.2 Å². The van der Waals surface area contributed by atoms with Crippen molar-refractivity contribution in [3.8, 4) is 0 Å². The number of nitrogens with two attached hydrogens (primary N) is 1. The molecule has 5 nitrogen and oxygen atoms in total. The first-order chi connectivity index (χ1) is 12.9. The van der Waals surface area contributed by atoms with Crippen molar-refractivity contribution >= 4 is 15.7 Å². The van der Waals surface area contributed by atoms with Gasteiger partial charge in [0.1, 0.15) is 0 Å². The number of carbonyl (C=O) groups is 1. The van der Waals surface area contributed by atoms with Gasteiger partial charge in [-0.2, -0.15) is 0 Å². The summed E-state index contributed by atoms with van der Waals surface area (Å²) in [4.78, 5) is 13.2. The minimum atomic E-state index is -3.33. The summed E-state index contributed by atoms with van der Waals surface area (Å²) in [6.07, 6.45) is 4.03. The second kappa shape index (κ2) is 8.23. The Morgan fingerprint density at radius 1 is 1.11 bits per heavy atom. The maximum atomic E-state index is 13.0.